The van der Waals surface area contributed by atoms with Crippen molar-refractivity contribution in [2.75, 3.05) is 52.6 Å². The second-order valence-corrected chi connectivity index (χ2v) is 8.53. The van der Waals surface area contributed by atoms with Gasteiger partial charge in [0.15, 0.2) is 11.6 Å². The van der Waals surface area contributed by atoms with Crippen molar-refractivity contribution in [3.8, 4) is 0 Å². The van der Waals surface area contributed by atoms with Crippen molar-refractivity contribution in [1.82, 2.24) is 0 Å². The molecule has 0 radical (unpaired) electrons. The average molecular weight is 448 g/mol. The largest absolute Gasteiger partial charge is 0.349 e. The molecule has 1 saturated carbocycles. The molecule has 32 heavy (non-hydrogen) atoms. The van der Waals surface area contributed by atoms with Crippen molar-refractivity contribution in [2.45, 2.75) is 37.3 Å². The van der Waals surface area contributed by atoms with Crippen molar-refractivity contribution in [2.24, 2.45) is 31.3 Å². The topological polar surface area (TPSA) is 232 Å². The van der Waals surface area contributed by atoms with Crippen molar-refractivity contribution in [1.29, 1.82) is 0 Å². The van der Waals surface area contributed by atoms with Gasteiger partial charge in [-0.1, -0.05) is 20.5 Å². The number of rotatable bonds is 8. The lowest BCUT2D eigenvalue weighted by Gasteiger charge is -2.53. The van der Waals surface area contributed by atoms with E-state index in [0.717, 1.165) is 0 Å². The third kappa shape index (κ3) is 5.28. The first-order valence-electron chi connectivity index (χ1n) is 10.1. The molecule has 1 aliphatic carbocycles. The molecule has 172 valence electrons. The number of nitrogens with zero attached hydrogens (tertiary/aromatic N) is 12. The minimum atomic E-state index is -0.807. The van der Waals surface area contributed by atoms with Crippen molar-refractivity contribution in [3.05, 3.63) is 41.8 Å². The normalized spacial score (nSPS) is 36.2. The molecule has 2 aliphatic heterocycles. The highest BCUT2D eigenvalue weighted by Crippen LogP contribution is 2.47. The molecule has 3 rings (SSSR count). The zero-order chi connectivity index (χ0) is 23.0. The van der Waals surface area contributed by atoms with Gasteiger partial charge in [-0.2, -0.15) is 0 Å². The van der Waals surface area contributed by atoms with Crippen molar-refractivity contribution in [3.63, 3.8) is 0 Å². The molecule has 2 heterocycles. The van der Waals surface area contributed by atoms with Gasteiger partial charge in [0.2, 0.25) is 0 Å². The number of azide groups is 4. The average Bonchev–Trinajstić information content (AvgIpc) is 2.84. The van der Waals surface area contributed by atoms with Gasteiger partial charge >= 0.3 is 0 Å². The summed E-state index contributed by atoms with van der Waals surface area (Å²) in [6.45, 7) is 1.37. The van der Waals surface area contributed by atoms with Crippen LogP contribution in [-0.4, -0.2) is 64.2 Å². The summed E-state index contributed by atoms with van der Waals surface area (Å²) in [7, 11) is 0. The van der Waals surface area contributed by atoms with E-state index in [-0.39, 0.29) is 52.6 Å². The third-order valence-electron chi connectivity index (χ3n) is 6.22. The van der Waals surface area contributed by atoms with Crippen LogP contribution in [0.25, 0.3) is 41.8 Å². The first kappa shape index (κ1) is 23.7. The summed E-state index contributed by atoms with van der Waals surface area (Å²) in [5, 5.41) is 14.5. The van der Waals surface area contributed by atoms with Crippen LogP contribution in [0.2, 0.25) is 0 Å². The van der Waals surface area contributed by atoms with Crippen molar-refractivity contribution < 1.29 is 18.9 Å². The van der Waals surface area contributed by atoms with E-state index in [1.54, 1.807) is 0 Å². The molecular weight excluding hydrogens is 424 g/mol. The molecule has 2 spiro atoms. The maximum absolute atomic E-state index is 8.65. The van der Waals surface area contributed by atoms with Gasteiger partial charge in [-0.15, -0.1) is 0 Å². The molecule has 0 unspecified atom stereocenters. The Morgan fingerprint density at radius 2 is 0.750 bits per heavy atom. The van der Waals surface area contributed by atoms with Gasteiger partial charge in [-0.05, 0) is 22.1 Å². The summed E-state index contributed by atoms with van der Waals surface area (Å²) in [6.07, 6.45) is 2.08. The molecule has 16 heteroatoms. The molecule has 2 saturated heterocycles. The lowest BCUT2D eigenvalue weighted by atomic mass is 9.83. The molecule has 0 atom stereocenters. The molecule has 0 amide bonds. The highest BCUT2D eigenvalue weighted by Gasteiger charge is 2.53. The summed E-state index contributed by atoms with van der Waals surface area (Å²) in [5.74, 6) is -1.61. The second kappa shape index (κ2) is 10.1. The van der Waals surface area contributed by atoms with Gasteiger partial charge in [-0.3, -0.25) is 0 Å². The smallest absolute Gasteiger partial charge is 0.168 e. The highest BCUT2D eigenvalue weighted by atomic mass is 16.7. The van der Waals surface area contributed by atoms with Gasteiger partial charge in [0.25, 0.3) is 0 Å². The Hall–Kier alpha value is -2.92. The molecule has 0 N–H and O–H groups in total. The van der Waals surface area contributed by atoms with Crippen LogP contribution in [-0.2, 0) is 18.9 Å². The minimum absolute atomic E-state index is 0.104. The zero-order valence-corrected chi connectivity index (χ0v) is 17.5. The molecule has 3 fully saturated rings. The van der Waals surface area contributed by atoms with E-state index in [4.69, 9.17) is 41.1 Å². The molecule has 16 nitrogen and oxygen atoms in total. The fraction of sp³-hybridized carbons (Fsp3) is 1.00. The lowest BCUT2D eigenvalue weighted by Crippen LogP contribution is -2.59. The van der Waals surface area contributed by atoms with E-state index in [2.05, 4.69) is 40.1 Å². The van der Waals surface area contributed by atoms with Crippen LogP contribution in [0.5, 0.6) is 0 Å². The van der Waals surface area contributed by atoms with Crippen molar-refractivity contribution >= 4 is 0 Å². The highest BCUT2D eigenvalue weighted by molar-refractivity contribution is 4.96. The van der Waals surface area contributed by atoms with Gasteiger partial charge in [0, 0.05) is 82.3 Å². The predicted molar refractivity (Wildman–Crippen MR) is 109 cm³/mol. The third-order valence-corrected chi connectivity index (χ3v) is 6.22. The van der Waals surface area contributed by atoms with Crippen LogP contribution in [0.15, 0.2) is 20.5 Å². The lowest BCUT2D eigenvalue weighted by molar-refractivity contribution is -0.365. The van der Waals surface area contributed by atoms with Crippen LogP contribution in [0.4, 0.5) is 0 Å². The maximum atomic E-state index is 8.65. The van der Waals surface area contributed by atoms with Crippen LogP contribution in [0, 0.1) is 10.8 Å². The van der Waals surface area contributed by atoms with E-state index in [9.17, 15) is 0 Å². The Morgan fingerprint density at radius 3 is 0.969 bits per heavy atom. The van der Waals surface area contributed by atoms with Crippen LogP contribution >= 0.6 is 0 Å². The van der Waals surface area contributed by atoms with Crippen LogP contribution < -0.4 is 0 Å². The Balaban J connectivity index is 1.59. The summed E-state index contributed by atoms with van der Waals surface area (Å²) < 4.78 is 24.3. The van der Waals surface area contributed by atoms with Gasteiger partial charge in [-0.25, -0.2) is 0 Å². The standard InChI is InChI=1S/C16H24N12O4/c17-25-21-5-13(6-22-26-18)9-29-15(30-10-13)1-2-16(4-3-15)31-11-14(12-32-16,7-23-27-19)8-24-28-20/h1-12H2. The van der Waals surface area contributed by atoms with E-state index >= 15 is 0 Å². The number of hydrogen-bond donors (Lipinski definition) is 0. The molecule has 3 aliphatic rings. The first-order chi connectivity index (χ1) is 15.5. The quantitative estimate of drug-likeness (QED) is 0.300. The molecule has 0 aromatic carbocycles. The summed E-state index contributed by atoms with van der Waals surface area (Å²) in [4.78, 5) is 11.1. The Morgan fingerprint density at radius 1 is 0.500 bits per heavy atom. The van der Waals surface area contributed by atoms with E-state index in [0.29, 0.717) is 25.7 Å². The summed E-state index contributed by atoms with van der Waals surface area (Å²) in [6, 6.07) is 0. The SMILES string of the molecule is [N-]=[N+]=NCC1(CN=[N+]=[N-])COC2(CCC3(CC2)OCC(CN=[N+]=[N-])(CN=[N+]=[N-])CO3)OC1. The fourth-order valence-electron chi connectivity index (χ4n) is 4.09. The van der Waals surface area contributed by atoms with E-state index < -0.39 is 22.4 Å². The van der Waals surface area contributed by atoms with E-state index in [1.807, 2.05) is 0 Å². The first-order valence-corrected chi connectivity index (χ1v) is 10.1. The Labute approximate surface area is 182 Å². The summed E-state index contributed by atoms with van der Waals surface area (Å²) in [5.41, 5.74) is 33.2. The number of hydrogen-bond acceptors (Lipinski definition) is 8. The summed E-state index contributed by atoms with van der Waals surface area (Å²) >= 11 is 0. The molecule has 0 aromatic rings. The predicted octanol–water partition coefficient (Wildman–Crippen LogP) is 4.26. The second-order valence-electron chi connectivity index (χ2n) is 8.53. The Bertz CT molecular complexity index is 741. The van der Waals surface area contributed by atoms with E-state index in [1.165, 1.54) is 0 Å². The van der Waals surface area contributed by atoms with Gasteiger partial charge < -0.3 is 18.9 Å². The molecular formula is C16H24N12O4. The molecule has 0 bridgehead atoms. The zero-order valence-electron chi connectivity index (χ0n) is 17.5. The van der Waals surface area contributed by atoms with Gasteiger partial charge in [0.1, 0.15) is 0 Å². The number of ether oxygens (including phenoxy) is 4. The van der Waals surface area contributed by atoms with Crippen LogP contribution in [0.3, 0.4) is 0 Å². The maximum Gasteiger partial charge on any atom is 0.168 e. The Kier molecular flexibility index (Phi) is 7.52. The fourth-order valence-corrected chi connectivity index (χ4v) is 4.09. The monoisotopic (exact) mass is 448 g/mol. The van der Waals surface area contributed by atoms with Crippen LogP contribution in [0.1, 0.15) is 25.7 Å². The molecule has 0 aromatic heterocycles. The van der Waals surface area contributed by atoms with Gasteiger partial charge in [0.05, 0.1) is 26.4 Å². The minimum Gasteiger partial charge on any atom is -0.349 e.